The number of benzene rings is 1. The molecule has 1 aromatic carbocycles. The van der Waals surface area contributed by atoms with Crippen LogP contribution >= 0.6 is 0 Å². The Bertz CT molecular complexity index is 535. The summed E-state index contributed by atoms with van der Waals surface area (Å²) in [6.45, 7) is 6.81. The summed E-state index contributed by atoms with van der Waals surface area (Å²) in [6, 6.07) is 5.36. The van der Waals surface area contributed by atoms with Crippen LogP contribution in [-0.2, 0) is 21.0 Å². The van der Waals surface area contributed by atoms with Crippen molar-refractivity contribution in [2.24, 2.45) is 0 Å². The van der Waals surface area contributed by atoms with E-state index in [-0.39, 0.29) is 5.57 Å². The normalized spacial score (nSPS) is 9.80. The minimum Gasteiger partial charge on any atom is -0.378 e. The van der Waals surface area contributed by atoms with Gasteiger partial charge in [0.05, 0.1) is 5.56 Å². The number of nitrogens with zero attached hydrogens (tertiary/aromatic N) is 1. The molecule has 5 nitrogen and oxygen atoms in total. The molecule has 0 aliphatic heterocycles. The molecular weight excluding hydrogens is 258 g/mol. The lowest BCUT2D eigenvalue weighted by Crippen LogP contribution is -2.14. The van der Waals surface area contributed by atoms with Crippen molar-refractivity contribution in [2.45, 2.75) is 20.3 Å². The van der Waals surface area contributed by atoms with Gasteiger partial charge in [0.1, 0.15) is 0 Å². The molecule has 0 saturated heterocycles. The van der Waals surface area contributed by atoms with E-state index in [0.29, 0.717) is 12.0 Å². The van der Waals surface area contributed by atoms with Gasteiger partial charge in [0, 0.05) is 25.4 Å². The van der Waals surface area contributed by atoms with Crippen molar-refractivity contribution in [2.75, 3.05) is 19.0 Å². The molecule has 0 atom stereocenters. The third kappa shape index (κ3) is 3.85. The third-order valence-electron chi connectivity index (χ3n) is 2.75. The Kier molecular flexibility index (Phi) is 5.32. The second-order valence-corrected chi connectivity index (χ2v) is 4.61. The number of carbonyl (C=O) groups excluding carboxylic acids is 2. The van der Waals surface area contributed by atoms with E-state index in [1.54, 1.807) is 12.1 Å². The molecule has 0 spiro atoms. The Morgan fingerprint density at radius 1 is 1.25 bits per heavy atom. The molecule has 0 aliphatic carbocycles. The van der Waals surface area contributed by atoms with Crippen LogP contribution in [0.1, 0.15) is 29.8 Å². The lowest BCUT2D eigenvalue weighted by Gasteiger charge is -2.15. The first-order chi connectivity index (χ1) is 9.36. The van der Waals surface area contributed by atoms with Crippen LogP contribution in [0, 0.1) is 0 Å². The van der Waals surface area contributed by atoms with Crippen molar-refractivity contribution in [3.63, 3.8) is 0 Å². The molecule has 0 aromatic heterocycles. The molecule has 0 radical (unpaired) electrons. The Labute approximate surface area is 118 Å². The molecular formula is C15H19NO4. The van der Waals surface area contributed by atoms with Gasteiger partial charge in [-0.15, -0.1) is 0 Å². The zero-order valence-electron chi connectivity index (χ0n) is 12.2. The summed E-state index contributed by atoms with van der Waals surface area (Å²) in [5.41, 5.74) is 2.36. The molecule has 0 heterocycles. The molecule has 0 aliphatic rings. The third-order valence-corrected chi connectivity index (χ3v) is 2.75. The molecule has 1 aromatic rings. The minimum atomic E-state index is -0.763. The molecule has 0 N–H and O–H groups in total. The molecule has 20 heavy (non-hydrogen) atoms. The van der Waals surface area contributed by atoms with Gasteiger partial charge in [-0.1, -0.05) is 13.5 Å². The fourth-order valence-corrected chi connectivity index (χ4v) is 1.54. The number of carbonyl (C=O) groups is 2. The van der Waals surface area contributed by atoms with Gasteiger partial charge in [0.2, 0.25) is 0 Å². The molecule has 0 saturated carbocycles. The quantitative estimate of drug-likeness (QED) is 0.481. The second-order valence-electron chi connectivity index (χ2n) is 4.61. The highest BCUT2D eigenvalue weighted by Gasteiger charge is 2.16. The number of hydrogen-bond donors (Lipinski definition) is 0. The van der Waals surface area contributed by atoms with E-state index < -0.39 is 11.9 Å². The van der Waals surface area contributed by atoms with Crippen molar-refractivity contribution in [3.8, 4) is 0 Å². The SMILES string of the molecule is C=C(C)C(=O)OOC(=O)c1ccc(N(C)C)cc1CC. The smallest absolute Gasteiger partial charge is 0.378 e. The number of anilines is 1. The lowest BCUT2D eigenvalue weighted by atomic mass is 10.0. The summed E-state index contributed by atoms with van der Waals surface area (Å²) >= 11 is 0. The number of hydrogen-bond acceptors (Lipinski definition) is 5. The highest BCUT2D eigenvalue weighted by Crippen LogP contribution is 2.19. The van der Waals surface area contributed by atoms with E-state index in [2.05, 4.69) is 16.4 Å². The Morgan fingerprint density at radius 2 is 1.90 bits per heavy atom. The molecule has 1 rings (SSSR count). The van der Waals surface area contributed by atoms with Crippen LogP contribution < -0.4 is 4.90 Å². The monoisotopic (exact) mass is 277 g/mol. The van der Waals surface area contributed by atoms with Crippen LogP contribution in [-0.4, -0.2) is 26.0 Å². The predicted octanol–water partition coefficient (Wildman–Crippen LogP) is 2.51. The average molecular weight is 277 g/mol. The van der Waals surface area contributed by atoms with Gasteiger partial charge in [-0.2, -0.15) is 0 Å². The van der Waals surface area contributed by atoms with E-state index in [1.165, 1.54) is 6.92 Å². The van der Waals surface area contributed by atoms with Crippen LogP contribution in [0.5, 0.6) is 0 Å². The summed E-state index contributed by atoms with van der Waals surface area (Å²) in [7, 11) is 3.84. The fourth-order valence-electron chi connectivity index (χ4n) is 1.54. The van der Waals surface area contributed by atoms with Gasteiger partial charge in [0.15, 0.2) is 0 Å². The van der Waals surface area contributed by atoms with Gasteiger partial charge in [0.25, 0.3) is 0 Å². The molecule has 5 heteroatoms. The van der Waals surface area contributed by atoms with Crippen LogP contribution in [0.4, 0.5) is 5.69 Å². The molecule has 108 valence electrons. The summed E-state index contributed by atoms with van der Waals surface area (Å²) in [6.07, 6.45) is 0.667. The van der Waals surface area contributed by atoms with Gasteiger partial charge >= 0.3 is 11.9 Å². The second kappa shape index (κ2) is 6.75. The fraction of sp³-hybridized carbons (Fsp3) is 0.333. The molecule has 0 amide bonds. The molecule has 0 unspecified atom stereocenters. The van der Waals surface area contributed by atoms with Crippen molar-refractivity contribution < 1.29 is 19.4 Å². The topological polar surface area (TPSA) is 55.8 Å². The van der Waals surface area contributed by atoms with Crippen molar-refractivity contribution in [3.05, 3.63) is 41.5 Å². The van der Waals surface area contributed by atoms with Crippen LogP contribution in [0.3, 0.4) is 0 Å². The van der Waals surface area contributed by atoms with E-state index in [1.807, 2.05) is 32.0 Å². The Balaban J connectivity index is 2.87. The maximum absolute atomic E-state index is 11.9. The Morgan fingerprint density at radius 3 is 2.40 bits per heavy atom. The zero-order chi connectivity index (χ0) is 15.3. The average Bonchev–Trinajstić information content (AvgIpc) is 2.43. The van der Waals surface area contributed by atoms with E-state index in [9.17, 15) is 9.59 Å². The summed E-state index contributed by atoms with van der Waals surface area (Å²) in [5, 5.41) is 0. The van der Waals surface area contributed by atoms with E-state index in [0.717, 1.165) is 11.3 Å². The largest absolute Gasteiger partial charge is 0.386 e. The van der Waals surface area contributed by atoms with Crippen LogP contribution in [0.15, 0.2) is 30.4 Å². The van der Waals surface area contributed by atoms with Gasteiger partial charge in [-0.3, -0.25) is 0 Å². The maximum Gasteiger partial charge on any atom is 0.386 e. The Hall–Kier alpha value is -2.30. The molecule has 0 bridgehead atoms. The first kappa shape index (κ1) is 15.8. The first-order valence-electron chi connectivity index (χ1n) is 6.25. The number of rotatable bonds is 4. The minimum absolute atomic E-state index is 0.163. The highest BCUT2D eigenvalue weighted by molar-refractivity contribution is 5.93. The van der Waals surface area contributed by atoms with E-state index >= 15 is 0 Å². The van der Waals surface area contributed by atoms with E-state index in [4.69, 9.17) is 0 Å². The first-order valence-corrected chi connectivity index (χ1v) is 6.25. The maximum atomic E-state index is 11.9. The summed E-state index contributed by atoms with van der Waals surface area (Å²) < 4.78 is 0. The van der Waals surface area contributed by atoms with Crippen molar-refractivity contribution in [1.29, 1.82) is 0 Å². The number of aryl methyl sites for hydroxylation is 1. The van der Waals surface area contributed by atoms with Crippen molar-refractivity contribution >= 4 is 17.6 Å². The summed E-state index contributed by atoms with van der Waals surface area (Å²) in [4.78, 5) is 33.9. The van der Waals surface area contributed by atoms with Gasteiger partial charge < -0.3 is 4.90 Å². The standard InChI is InChI=1S/C15H19NO4/c1-6-11-9-12(16(4)5)7-8-13(11)15(18)20-19-14(17)10(2)3/h7-9H,2,6H2,1,3-5H3. The zero-order valence-corrected chi connectivity index (χ0v) is 12.2. The summed E-state index contributed by atoms with van der Waals surface area (Å²) in [5.74, 6) is -1.46. The predicted molar refractivity (Wildman–Crippen MR) is 76.5 cm³/mol. The van der Waals surface area contributed by atoms with Crippen LogP contribution in [0.25, 0.3) is 0 Å². The highest BCUT2D eigenvalue weighted by atomic mass is 17.2. The van der Waals surface area contributed by atoms with Gasteiger partial charge in [-0.05, 0) is 37.1 Å². The van der Waals surface area contributed by atoms with Crippen molar-refractivity contribution in [1.82, 2.24) is 0 Å². The molecule has 0 fully saturated rings. The van der Waals surface area contributed by atoms with Gasteiger partial charge in [-0.25, -0.2) is 19.4 Å². The van der Waals surface area contributed by atoms with Crippen LogP contribution in [0.2, 0.25) is 0 Å². The lowest BCUT2D eigenvalue weighted by molar-refractivity contribution is -0.229.